The number of hydrogen-bond donors (Lipinski definition) is 1. The largest absolute Gasteiger partial charge is 0.325 e. The van der Waals surface area contributed by atoms with Gasteiger partial charge < -0.3 is 9.88 Å². The van der Waals surface area contributed by atoms with Crippen LogP contribution in [0.15, 0.2) is 24.1 Å². The summed E-state index contributed by atoms with van der Waals surface area (Å²) in [6.07, 6.45) is 7.53. The molecule has 6 heteroatoms. The molecule has 1 N–H and O–H groups in total. The molecule has 0 saturated heterocycles. The molecule has 18 heavy (non-hydrogen) atoms. The Labute approximate surface area is 109 Å². The number of anilines is 1. The van der Waals surface area contributed by atoms with Gasteiger partial charge in [-0.15, -0.1) is 11.3 Å². The van der Waals surface area contributed by atoms with Crippen LogP contribution < -0.4 is 5.32 Å². The average molecular weight is 262 g/mol. The first kappa shape index (κ1) is 11.4. The van der Waals surface area contributed by atoms with Gasteiger partial charge in [0.15, 0.2) is 5.13 Å². The molecule has 2 aromatic heterocycles. The molecular weight excluding hydrogens is 248 g/mol. The number of nitrogens with zero attached hydrogens (tertiary/aromatic N) is 3. The van der Waals surface area contributed by atoms with Crippen molar-refractivity contribution in [1.82, 2.24) is 14.5 Å². The second-order valence-corrected chi connectivity index (χ2v) is 5.39. The molecule has 0 aliphatic heterocycles. The number of nitrogens with one attached hydrogen (secondary N) is 1. The fourth-order valence-electron chi connectivity index (χ4n) is 1.75. The topological polar surface area (TPSA) is 59.8 Å². The van der Waals surface area contributed by atoms with Crippen molar-refractivity contribution < 1.29 is 4.79 Å². The first-order valence-corrected chi connectivity index (χ1v) is 6.86. The van der Waals surface area contributed by atoms with E-state index >= 15 is 0 Å². The van der Waals surface area contributed by atoms with Crippen LogP contribution >= 0.6 is 11.3 Å². The monoisotopic (exact) mass is 262 g/mol. The fraction of sp³-hybridized carbons (Fsp3) is 0.417. The molecule has 1 unspecified atom stereocenters. The number of aromatic nitrogens is 3. The van der Waals surface area contributed by atoms with Crippen LogP contribution in [0.3, 0.4) is 0 Å². The first-order chi connectivity index (χ1) is 8.74. The predicted octanol–water partition coefficient (Wildman–Crippen LogP) is 2.42. The summed E-state index contributed by atoms with van der Waals surface area (Å²) in [7, 11) is 0. The van der Waals surface area contributed by atoms with Gasteiger partial charge >= 0.3 is 0 Å². The molecule has 3 rings (SSSR count). The van der Waals surface area contributed by atoms with E-state index in [1.54, 1.807) is 23.3 Å². The lowest BCUT2D eigenvalue weighted by molar-refractivity contribution is -0.118. The van der Waals surface area contributed by atoms with Crippen LogP contribution in [0.2, 0.25) is 0 Å². The minimum absolute atomic E-state index is 0.0651. The lowest BCUT2D eigenvalue weighted by atomic mass is 10.3. The number of amides is 1. The van der Waals surface area contributed by atoms with E-state index in [0.29, 0.717) is 11.0 Å². The highest BCUT2D eigenvalue weighted by Gasteiger charge is 2.26. The highest BCUT2D eigenvalue weighted by molar-refractivity contribution is 7.13. The molecule has 0 radical (unpaired) electrons. The molecule has 0 bridgehead atoms. The van der Waals surface area contributed by atoms with Gasteiger partial charge in [0, 0.05) is 23.7 Å². The fourth-order valence-corrected chi connectivity index (χ4v) is 2.55. The van der Waals surface area contributed by atoms with Gasteiger partial charge in [0.1, 0.15) is 6.04 Å². The lowest BCUT2D eigenvalue weighted by Gasteiger charge is -2.11. The van der Waals surface area contributed by atoms with Crippen molar-refractivity contribution >= 4 is 22.4 Å². The summed E-state index contributed by atoms with van der Waals surface area (Å²) < 4.78 is 1.77. The normalized spacial score (nSPS) is 16.5. The van der Waals surface area contributed by atoms with Gasteiger partial charge in [-0.1, -0.05) is 0 Å². The Balaban J connectivity index is 1.66. The summed E-state index contributed by atoms with van der Waals surface area (Å²) in [4.78, 5) is 20.4. The second kappa shape index (κ2) is 4.53. The van der Waals surface area contributed by atoms with Crippen LogP contribution in [-0.4, -0.2) is 20.4 Å². The van der Waals surface area contributed by atoms with E-state index in [4.69, 9.17) is 0 Å². The van der Waals surface area contributed by atoms with Gasteiger partial charge in [-0.25, -0.2) is 9.97 Å². The van der Waals surface area contributed by atoms with Crippen LogP contribution in [0.5, 0.6) is 0 Å². The lowest BCUT2D eigenvalue weighted by Crippen LogP contribution is -2.22. The summed E-state index contributed by atoms with van der Waals surface area (Å²) in [5.74, 6) is 0.558. The van der Waals surface area contributed by atoms with Gasteiger partial charge in [0.25, 0.3) is 0 Å². The van der Waals surface area contributed by atoms with Crippen molar-refractivity contribution in [3.8, 4) is 0 Å². The third kappa shape index (κ3) is 2.28. The molecule has 1 aliphatic rings. The number of imidazole rings is 1. The maximum atomic E-state index is 12.0. The number of rotatable bonds is 4. The van der Waals surface area contributed by atoms with Crippen molar-refractivity contribution in [1.29, 1.82) is 0 Å². The average Bonchev–Trinajstić information content (AvgIpc) is 2.91. The van der Waals surface area contributed by atoms with E-state index in [1.165, 1.54) is 24.2 Å². The van der Waals surface area contributed by atoms with Crippen LogP contribution in [0.1, 0.15) is 37.4 Å². The molecule has 5 nitrogen and oxygen atoms in total. The molecule has 0 aromatic carbocycles. The quantitative estimate of drug-likeness (QED) is 0.920. The predicted molar refractivity (Wildman–Crippen MR) is 69.7 cm³/mol. The van der Waals surface area contributed by atoms with E-state index in [-0.39, 0.29) is 11.9 Å². The van der Waals surface area contributed by atoms with Gasteiger partial charge in [-0.3, -0.25) is 4.79 Å². The van der Waals surface area contributed by atoms with E-state index in [9.17, 15) is 4.79 Å². The van der Waals surface area contributed by atoms with Crippen molar-refractivity contribution in [2.45, 2.75) is 31.7 Å². The summed E-state index contributed by atoms with van der Waals surface area (Å²) in [5.41, 5.74) is 1.12. The van der Waals surface area contributed by atoms with E-state index in [0.717, 1.165) is 5.69 Å². The molecule has 1 saturated carbocycles. The third-order valence-corrected chi connectivity index (χ3v) is 3.88. The number of carbonyl (C=O) groups excluding carboxylic acids is 1. The maximum Gasteiger partial charge on any atom is 0.248 e. The second-order valence-electron chi connectivity index (χ2n) is 4.53. The van der Waals surface area contributed by atoms with E-state index in [2.05, 4.69) is 15.3 Å². The highest BCUT2D eigenvalue weighted by atomic mass is 32.1. The summed E-state index contributed by atoms with van der Waals surface area (Å²) in [6.45, 7) is 1.84. The van der Waals surface area contributed by atoms with Crippen molar-refractivity contribution in [3.63, 3.8) is 0 Å². The van der Waals surface area contributed by atoms with E-state index in [1.807, 2.05) is 12.3 Å². The Morgan fingerprint density at radius 3 is 3.11 bits per heavy atom. The molecule has 2 heterocycles. The molecule has 94 valence electrons. The summed E-state index contributed by atoms with van der Waals surface area (Å²) in [6, 6.07) is -0.277. The molecule has 1 fully saturated rings. The highest BCUT2D eigenvalue weighted by Crippen LogP contribution is 2.40. The Kier molecular flexibility index (Phi) is 2.87. The first-order valence-electron chi connectivity index (χ1n) is 5.98. The van der Waals surface area contributed by atoms with Crippen molar-refractivity contribution in [2.75, 3.05) is 5.32 Å². The zero-order valence-corrected chi connectivity index (χ0v) is 10.9. The van der Waals surface area contributed by atoms with Gasteiger partial charge in [0.2, 0.25) is 5.91 Å². The zero-order valence-electron chi connectivity index (χ0n) is 10.0. The zero-order chi connectivity index (χ0) is 12.5. The number of hydrogen-bond acceptors (Lipinski definition) is 4. The van der Waals surface area contributed by atoms with Crippen LogP contribution in [0.4, 0.5) is 5.13 Å². The molecule has 1 atom stereocenters. The smallest absolute Gasteiger partial charge is 0.248 e. The Morgan fingerprint density at radius 2 is 2.44 bits per heavy atom. The summed E-state index contributed by atoms with van der Waals surface area (Å²) in [5, 5.41) is 5.58. The van der Waals surface area contributed by atoms with E-state index < -0.39 is 0 Å². The Morgan fingerprint density at radius 1 is 1.61 bits per heavy atom. The molecule has 0 spiro atoms. The maximum absolute atomic E-state index is 12.0. The van der Waals surface area contributed by atoms with Crippen LogP contribution in [0, 0.1) is 0 Å². The van der Waals surface area contributed by atoms with Crippen LogP contribution in [0.25, 0.3) is 0 Å². The SMILES string of the molecule is CC(C(=O)Nc1nc(C2CC2)cs1)n1ccnc1. The van der Waals surface area contributed by atoms with Gasteiger partial charge in [-0.2, -0.15) is 0 Å². The molecule has 1 aliphatic carbocycles. The minimum atomic E-state index is -0.277. The standard InChI is InChI=1S/C12H14N4OS/c1-8(16-5-4-13-7-16)11(17)15-12-14-10(6-18-12)9-2-3-9/h4-9H,2-3H2,1H3,(H,14,15,17). The Hall–Kier alpha value is -1.69. The van der Waals surface area contributed by atoms with Gasteiger partial charge in [0.05, 0.1) is 12.0 Å². The molecular formula is C12H14N4OS. The molecule has 1 amide bonds. The molecule has 2 aromatic rings. The Bertz CT molecular complexity index is 544. The van der Waals surface area contributed by atoms with Gasteiger partial charge in [-0.05, 0) is 19.8 Å². The van der Waals surface area contributed by atoms with Crippen molar-refractivity contribution in [2.24, 2.45) is 0 Å². The third-order valence-electron chi connectivity index (χ3n) is 3.10. The van der Waals surface area contributed by atoms with Crippen LogP contribution in [-0.2, 0) is 4.79 Å². The number of carbonyl (C=O) groups is 1. The number of thiazole rings is 1. The minimum Gasteiger partial charge on any atom is -0.325 e. The summed E-state index contributed by atoms with van der Waals surface area (Å²) >= 11 is 1.49. The van der Waals surface area contributed by atoms with Crippen molar-refractivity contribution in [3.05, 3.63) is 29.8 Å².